The molecule has 2 rings (SSSR count). The molecular weight excluding hydrogens is 347 g/mol. The summed E-state index contributed by atoms with van der Waals surface area (Å²) in [5.74, 6) is -1.88. The Hall–Kier alpha value is -1.67. The van der Waals surface area contributed by atoms with Crippen LogP contribution in [-0.2, 0) is 25.8 Å². The largest absolute Gasteiger partial charge is 0.273 e. The van der Waals surface area contributed by atoms with Gasteiger partial charge in [-0.15, -0.1) is 0 Å². The van der Waals surface area contributed by atoms with Gasteiger partial charge in [-0.3, -0.25) is 20.4 Å². The van der Waals surface area contributed by atoms with Gasteiger partial charge in [0.25, 0.3) is 0 Å². The Kier molecular flexibility index (Phi) is 5.59. The van der Waals surface area contributed by atoms with Crippen LogP contribution in [0, 0.1) is 11.7 Å². The van der Waals surface area contributed by atoms with E-state index in [9.17, 15) is 22.4 Å². The molecule has 2 amide bonds. The van der Waals surface area contributed by atoms with Gasteiger partial charge in [0.2, 0.25) is 11.8 Å². The van der Waals surface area contributed by atoms with E-state index in [1.54, 1.807) is 0 Å². The molecule has 0 radical (unpaired) electrons. The fraction of sp³-hybridized carbons (Fsp3) is 0.429. The van der Waals surface area contributed by atoms with E-state index in [0.717, 1.165) is 0 Å². The first-order chi connectivity index (χ1) is 10.8. The summed E-state index contributed by atoms with van der Waals surface area (Å²) >= 11 is 5.81. The van der Waals surface area contributed by atoms with Gasteiger partial charge in [-0.1, -0.05) is 17.7 Å². The third-order valence-electron chi connectivity index (χ3n) is 3.54. The number of hydrogen-bond donors (Lipinski definition) is 2. The molecule has 1 aliphatic rings. The Bertz CT molecular complexity index is 703. The van der Waals surface area contributed by atoms with Gasteiger partial charge in [0.05, 0.1) is 17.9 Å². The first-order valence-corrected chi connectivity index (χ1v) is 9.18. The lowest BCUT2D eigenvalue weighted by Gasteiger charge is -2.10. The summed E-state index contributed by atoms with van der Waals surface area (Å²) in [5.41, 5.74) is 4.41. The molecule has 0 bridgehead atoms. The van der Waals surface area contributed by atoms with Crippen LogP contribution < -0.4 is 10.9 Å². The highest BCUT2D eigenvalue weighted by atomic mass is 35.5. The highest BCUT2D eigenvalue weighted by molar-refractivity contribution is 7.91. The molecule has 0 saturated carbocycles. The number of carbonyl (C=O) groups excluding carboxylic acids is 2. The number of halogens is 2. The SMILES string of the molecule is O=C(Cc1c(F)cccc1Cl)NNC(=O)CC1CCS(=O)(=O)C1. The molecule has 0 aliphatic carbocycles. The van der Waals surface area contributed by atoms with Gasteiger partial charge in [-0.2, -0.15) is 0 Å². The lowest BCUT2D eigenvalue weighted by atomic mass is 10.1. The second kappa shape index (κ2) is 7.27. The predicted octanol–water partition coefficient (Wildman–Crippen LogP) is 0.994. The van der Waals surface area contributed by atoms with Crippen molar-refractivity contribution in [1.29, 1.82) is 0 Å². The molecule has 1 heterocycles. The van der Waals surface area contributed by atoms with Crippen LogP contribution in [0.2, 0.25) is 5.02 Å². The first-order valence-electron chi connectivity index (χ1n) is 6.98. The number of nitrogens with one attached hydrogen (secondary N) is 2. The molecule has 0 aromatic heterocycles. The normalized spacial score (nSPS) is 19.3. The zero-order valence-electron chi connectivity index (χ0n) is 12.1. The number of amides is 2. The number of hydrogen-bond acceptors (Lipinski definition) is 4. The van der Waals surface area contributed by atoms with Gasteiger partial charge in [0.15, 0.2) is 9.84 Å². The Morgan fingerprint density at radius 3 is 2.57 bits per heavy atom. The van der Waals surface area contributed by atoms with Crippen LogP contribution >= 0.6 is 11.6 Å². The van der Waals surface area contributed by atoms with Crippen molar-refractivity contribution in [2.24, 2.45) is 5.92 Å². The van der Waals surface area contributed by atoms with Crippen LogP contribution in [0.3, 0.4) is 0 Å². The Morgan fingerprint density at radius 1 is 1.26 bits per heavy atom. The van der Waals surface area contributed by atoms with Crippen molar-refractivity contribution in [2.75, 3.05) is 11.5 Å². The smallest absolute Gasteiger partial charge is 0.242 e. The van der Waals surface area contributed by atoms with E-state index in [1.165, 1.54) is 18.2 Å². The van der Waals surface area contributed by atoms with Crippen molar-refractivity contribution in [3.05, 3.63) is 34.6 Å². The van der Waals surface area contributed by atoms with Crippen molar-refractivity contribution >= 4 is 33.3 Å². The third kappa shape index (κ3) is 5.18. The van der Waals surface area contributed by atoms with E-state index in [2.05, 4.69) is 10.9 Å². The molecular formula is C14H16ClFN2O4S. The summed E-state index contributed by atoms with van der Waals surface area (Å²) in [7, 11) is -3.05. The second-order valence-corrected chi connectivity index (χ2v) is 8.08. The van der Waals surface area contributed by atoms with Gasteiger partial charge < -0.3 is 0 Å². The number of sulfone groups is 1. The minimum absolute atomic E-state index is 0.0139. The summed E-state index contributed by atoms with van der Waals surface area (Å²) < 4.78 is 36.2. The van der Waals surface area contributed by atoms with Gasteiger partial charge in [-0.05, 0) is 24.5 Å². The maximum absolute atomic E-state index is 13.5. The standard InChI is InChI=1S/C14H16ClFN2O4S/c15-11-2-1-3-12(16)10(11)7-14(20)18-17-13(19)6-9-4-5-23(21,22)8-9/h1-3,9H,4-8H2,(H,17,19)(H,18,20). The number of carbonyl (C=O) groups is 2. The van der Waals surface area contributed by atoms with Gasteiger partial charge in [0, 0.05) is 17.0 Å². The zero-order chi connectivity index (χ0) is 17.0. The molecule has 0 spiro atoms. The van der Waals surface area contributed by atoms with Gasteiger partial charge >= 0.3 is 0 Å². The molecule has 1 fully saturated rings. The summed E-state index contributed by atoms with van der Waals surface area (Å²) in [6.07, 6.45) is 0.137. The van der Waals surface area contributed by atoms with Crippen LogP contribution in [0.5, 0.6) is 0 Å². The van der Waals surface area contributed by atoms with Crippen molar-refractivity contribution in [3.63, 3.8) is 0 Å². The average Bonchev–Trinajstić information content (AvgIpc) is 2.80. The highest BCUT2D eigenvalue weighted by Gasteiger charge is 2.29. The molecule has 9 heteroatoms. The van der Waals surface area contributed by atoms with Crippen molar-refractivity contribution < 1.29 is 22.4 Å². The molecule has 2 N–H and O–H groups in total. The van der Waals surface area contributed by atoms with Gasteiger partial charge in [0.1, 0.15) is 5.82 Å². The van der Waals surface area contributed by atoms with E-state index in [-0.39, 0.29) is 40.9 Å². The Labute approximate surface area is 138 Å². The molecule has 1 unspecified atom stereocenters. The first kappa shape index (κ1) is 17.7. The van der Waals surface area contributed by atoms with Gasteiger partial charge in [-0.25, -0.2) is 12.8 Å². The van der Waals surface area contributed by atoms with E-state index >= 15 is 0 Å². The molecule has 6 nitrogen and oxygen atoms in total. The van der Waals surface area contributed by atoms with Crippen molar-refractivity contribution in [2.45, 2.75) is 19.3 Å². The van der Waals surface area contributed by atoms with Crippen LogP contribution in [0.1, 0.15) is 18.4 Å². The van der Waals surface area contributed by atoms with Crippen molar-refractivity contribution in [1.82, 2.24) is 10.9 Å². The van der Waals surface area contributed by atoms with Crippen molar-refractivity contribution in [3.8, 4) is 0 Å². The minimum Gasteiger partial charge on any atom is -0.273 e. The zero-order valence-corrected chi connectivity index (χ0v) is 13.7. The number of hydrazine groups is 1. The second-order valence-electron chi connectivity index (χ2n) is 5.45. The summed E-state index contributed by atoms with van der Waals surface area (Å²) in [6.45, 7) is 0. The molecule has 1 saturated heterocycles. The lowest BCUT2D eigenvalue weighted by Crippen LogP contribution is -2.43. The lowest BCUT2D eigenvalue weighted by molar-refractivity contribution is -0.129. The average molecular weight is 363 g/mol. The molecule has 126 valence electrons. The number of rotatable bonds is 4. The minimum atomic E-state index is -3.05. The topological polar surface area (TPSA) is 92.3 Å². The van der Waals surface area contributed by atoms with E-state index in [4.69, 9.17) is 11.6 Å². The van der Waals surface area contributed by atoms with E-state index in [0.29, 0.717) is 6.42 Å². The summed E-state index contributed by atoms with van der Waals surface area (Å²) in [5, 5.41) is 0.127. The molecule has 1 aromatic rings. The third-order valence-corrected chi connectivity index (χ3v) is 5.73. The number of benzene rings is 1. The fourth-order valence-corrected chi connectivity index (χ4v) is 4.48. The molecule has 1 aromatic carbocycles. The van der Waals surface area contributed by atoms with E-state index < -0.39 is 27.5 Å². The monoisotopic (exact) mass is 362 g/mol. The maximum Gasteiger partial charge on any atom is 0.242 e. The van der Waals surface area contributed by atoms with Crippen LogP contribution in [0.4, 0.5) is 4.39 Å². The molecule has 23 heavy (non-hydrogen) atoms. The Balaban J connectivity index is 1.79. The predicted molar refractivity (Wildman–Crippen MR) is 82.8 cm³/mol. The Morgan fingerprint density at radius 2 is 1.96 bits per heavy atom. The van der Waals surface area contributed by atoms with Crippen LogP contribution in [0.15, 0.2) is 18.2 Å². The molecule has 1 aliphatic heterocycles. The van der Waals surface area contributed by atoms with E-state index in [1.807, 2.05) is 0 Å². The van der Waals surface area contributed by atoms with Crippen LogP contribution in [0.25, 0.3) is 0 Å². The van der Waals surface area contributed by atoms with Crippen LogP contribution in [-0.4, -0.2) is 31.7 Å². The highest BCUT2D eigenvalue weighted by Crippen LogP contribution is 2.21. The summed E-state index contributed by atoms with van der Waals surface area (Å²) in [6, 6.07) is 4.08. The fourth-order valence-electron chi connectivity index (χ4n) is 2.39. The maximum atomic E-state index is 13.5. The summed E-state index contributed by atoms with van der Waals surface area (Å²) in [4.78, 5) is 23.4. The molecule has 1 atom stereocenters. The quantitative estimate of drug-likeness (QED) is 0.781.